The standard InChI is InChI=1S/C13H21FN4O.2ClH/c14-13(9-15)4-2-6-18(13)12(19)11(16)7-10-3-1-5-17-8-10;;/h10-11,17H,1-8,16H2;2*1H/t10?,11-,13+;;/m0../s1. The number of carbonyl (C=O) groups excluding carboxylic acids is 1. The Hall–Kier alpha value is -0.610. The van der Waals surface area contributed by atoms with Crippen molar-refractivity contribution in [3.63, 3.8) is 0 Å². The van der Waals surface area contributed by atoms with E-state index < -0.39 is 17.7 Å². The van der Waals surface area contributed by atoms with Crippen LogP contribution < -0.4 is 11.1 Å². The molecule has 8 heteroatoms. The zero-order chi connectivity index (χ0) is 13.9. The van der Waals surface area contributed by atoms with Crippen molar-refractivity contribution >= 4 is 30.7 Å². The van der Waals surface area contributed by atoms with Crippen LogP contribution >= 0.6 is 24.8 Å². The average Bonchev–Trinajstić information content (AvgIpc) is 2.81. The molecule has 2 fully saturated rings. The minimum absolute atomic E-state index is 0. The van der Waals surface area contributed by atoms with E-state index in [1.807, 2.05) is 0 Å². The number of nitrogens with one attached hydrogen (secondary N) is 1. The first-order valence-corrected chi connectivity index (χ1v) is 6.95. The predicted octanol–water partition coefficient (Wildman–Crippen LogP) is 1.36. The zero-order valence-corrected chi connectivity index (χ0v) is 13.5. The van der Waals surface area contributed by atoms with Gasteiger partial charge < -0.3 is 11.1 Å². The highest BCUT2D eigenvalue weighted by molar-refractivity contribution is 5.85. The number of carbonyl (C=O) groups is 1. The van der Waals surface area contributed by atoms with E-state index in [2.05, 4.69) is 5.32 Å². The second-order valence-corrected chi connectivity index (χ2v) is 5.52. The van der Waals surface area contributed by atoms with Crippen molar-refractivity contribution in [1.82, 2.24) is 10.2 Å². The second kappa shape index (κ2) is 8.74. The molecule has 0 aromatic carbocycles. The third kappa shape index (κ3) is 4.68. The summed E-state index contributed by atoms with van der Waals surface area (Å²) >= 11 is 0. The highest BCUT2D eigenvalue weighted by Crippen LogP contribution is 2.31. The number of amides is 1. The van der Waals surface area contributed by atoms with Crippen molar-refractivity contribution < 1.29 is 9.18 Å². The Bertz CT molecular complexity index is 387. The van der Waals surface area contributed by atoms with Gasteiger partial charge >= 0.3 is 0 Å². The Labute approximate surface area is 137 Å². The molecule has 2 saturated heterocycles. The minimum atomic E-state index is -2.15. The Morgan fingerprint density at radius 1 is 1.52 bits per heavy atom. The van der Waals surface area contributed by atoms with Gasteiger partial charge in [-0.2, -0.15) is 5.26 Å². The lowest BCUT2D eigenvalue weighted by Gasteiger charge is -2.30. The maximum absolute atomic E-state index is 14.2. The van der Waals surface area contributed by atoms with E-state index in [1.54, 1.807) is 6.07 Å². The quantitative estimate of drug-likeness (QED) is 0.760. The van der Waals surface area contributed by atoms with Crippen LogP contribution in [0.25, 0.3) is 0 Å². The third-order valence-corrected chi connectivity index (χ3v) is 4.06. The Morgan fingerprint density at radius 3 is 2.81 bits per heavy atom. The molecule has 0 aliphatic carbocycles. The molecule has 0 aromatic heterocycles. The first kappa shape index (κ1) is 20.4. The molecule has 0 saturated carbocycles. The number of nitriles is 1. The lowest BCUT2D eigenvalue weighted by molar-refractivity contribution is -0.140. The zero-order valence-electron chi connectivity index (χ0n) is 11.9. The number of nitrogens with zero attached hydrogens (tertiary/aromatic N) is 2. The van der Waals surface area contributed by atoms with Gasteiger partial charge in [0.2, 0.25) is 5.91 Å². The van der Waals surface area contributed by atoms with Crippen LogP contribution in [-0.4, -0.2) is 42.3 Å². The first-order valence-electron chi connectivity index (χ1n) is 6.95. The number of piperidine rings is 1. The lowest BCUT2D eigenvalue weighted by Crippen LogP contribution is -2.51. The van der Waals surface area contributed by atoms with Crippen LogP contribution in [0, 0.1) is 17.2 Å². The Kier molecular flexibility index (Phi) is 8.49. The van der Waals surface area contributed by atoms with E-state index in [-0.39, 0.29) is 31.2 Å². The van der Waals surface area contributed by atoms with E-state index in [4.69, 9.17) is 11.0 Å². The molecule has 2 aliphatic rings. The molecule has 1 amide bonds. The molecule has 2 heterocycles. The normalized spacial score (nSPS) is 29.8. The van der Waals surface area contributed by atoms with Gasteiger partial charge in [-0.25, -0.2) is 4.39 Å². The Morgan fingerprint density at radius 2 is 2.24 bits per heavy atom. The van der Waals surface area contributed by atoms with Crippen molar-refractivity contribution in [2.75, 3.05) is 19.6 Å². The van der Waals surface area contributed by atoms with Crippen LogP contribution in [0.3, 0.4) is 0 Å². The topological polar surface area (TPSA) is 82.2 Å². The number of rotatable bonds is 3. The average molecular weight is 341 g/mol. The monoisotopic (exact) mass is 340 g/mol. The number of nitrogens with two attached hydrogens (primary N) is 1. The van der Waals surface area contributed by atoms with Crippen molar-refractivity contribution in [2.45, 2.75) is 43.9 Å². The van der Waals surface area contributed by atoms with Crippen LogP contribution in [0.15, 0.2) is 0 Å². The fourth-order valence-electron chi connectivity index (χ4n) is 2.97. The molecule has 3 atom stereocenters. The van der Waals surface area contributed by atoms with Crippen LogP contribution in [0.1, 0.15) is 32.1 Å². The predicted molar refractivity (Wildman–Crippen MR) is 83.1 cm³/mol. The fraction of sp³-hybridized carbons (Fsp3) is 0.846. The van der Waals surface area contributed by atoms with Gasteiger partial charge in [-0.15, -0.1) is 24.8 Å². The van der Waals surface area contributed by atoms with Crippen molar-refractivity contribution in [3.05, 3.63) is 0 Å². The summed E-state index contributed by atoms with van der Waals surface area (Å²) in [5.41, 5.74) is 5.91. The van der Waals surface area contributed by atoms with E-state index in [0.29, 0.717) is 25.3 Å². The molecule has 0 spiro atoms. The van der Waals surface area contributed by atoms with Crippen molar-refractivity contribution in [2.24, 2.45) is 11.7 Å². The summed E-state index contributed by atoms with van der Waals surface area (Å²) in [4.78, 5) is 13.2. The maximum Gasteiger partial charge on any atom is 0.271 e. The van der Waals surface area contributed by atoms with E-state index >= 15 is 0 Å². The summed E-state index contributed by atoms with van der Waals surface area (Å²) in [5, 5.41) is 12.1. The van der Waals surface area contributed by atoms with Crippen LogP contribution in [0.5, 0.6) is 0 Å². The molecule has 0 bridgehead atoms. The first-order chi connectivity index (χ1) is 9.07. The largest absolute Gasteiger partial charge is 0.320 e. The molecule has 1 unspecified atom stereocenters. The molecule has 2 aliphatic heterocycles. The van der Waals surface area contributed by atoms with Gasteiger partial charge in [-0.05, 0) is 44.7 Å². The summed E-state index contributed by atoms with van der Waals surface area (Å²) in [5.74, 6) is -2.21. The molecular weight excluding hydrogens is 318 g/mol. The number of alkyl halides is 1. The van der Waals surface area contributed by atoms with Crippen molar-refractivity contribution in [3.8, 4) is 6.07 Å². The molecule has 2 rings (SSSR count). The van der Waals surface area contributed by atoms with Gasteiger partial charge in [-0.1, -0.05) is 0 Å². The summed E-state index contributed by atoms with van der Waals surface area (Å²) in [6.45, 7) is 2.16. The maximum atomic E-state index is 14.2. The molecule has 0 radical (unpaired) electrons. The van der Waals surface area contributed by atoms with E-state index in [0.717, 1.165) is 30.8 Å². The van der Waals surface area contributed by atoms with Gasteiger partial charge in [-0.3, -0.25) is 9.69 Å². The van der Waals surface area contributed by atoms with Crippen molar-refractivity contribution in [1.29, 1.82) is 5.26 Å². The Balaban J connectivity index is 0.00000200. The van der Waals surface area contributed by atoms with Gasteiger partial charge in [0.25, 0.3) is 5.79 Å². The van der Waals surface area contributed by atoms with Crippen LogP contribution in [0.2, 0.25) is 0 Å². The molecule has 0 aromatic rings. The minimum Gasteiger partial charge on any atom is -0.320 e. The summed E-state index contributed by atoms with van der Waals surface area (Å²) in [6.07, 6.45) is 3.30. The molecule has 3 N–H and O–H groups in total. The van der Waals surface area contributed by atoms with Crippen LogP contribution in [-0.2, 0) is 4.79 Å². The van der Waals surface area contributed by atoms with Gasteiger partial charge in [0, 0.05) is 13.0 Å². The number of halogens is 3. The van der Waals surface area contributed by atoms with Gasteiger partial charge in [0.05, 0.1) is 6.04 Å². The number of hydrogen-bond donors (Lipinski definition) is 2. The van der Waals surface area contributed by atoms with Gasteiger partial charge in [0.1, 0.15) is 6.07 Å². The highest BCUT2D eigenvalue weighted by Gasteiger charge is 2.45. The molecule has 122 valence electrons. The second-order valence-electron chi connectivity index (χ2n) is 5.52. The summed E-state index contributed by atoms with van der Waals surface area (Å²) < 4.78 is 14.2. The summed E-state index contributed by atoms with van der Waals surface area (Å²) in [7, 11) is 0. The number of likely N-dealkylation sites (tertiary alicyclic amines) is 1. The molecule has 5 nitrogen and oxygen atoms in total. The van der Waals surface area contributed by atoms with Crippen LogP contribution in [0.4, 0.5) is 4.39 Å². The SMILES string of the molecule is Cl.Cl.N#C[C@@]1(F)CCCN1C(=O)[C@@H](N)CC1CCCNC1. The third-order valence-electron chi connectivity index (χ3n) is 4.06. The fourth-order valence-corrected chi connectivity index (χ4v) is 2.97. The van der Waals surface area contributed by atoms with Gasteiger partial charge in [0.15, 0.2) is 0 Å². The molecule has 21 heavy (non-hydrogen) atoms. The smallest absolute Gasteiger partial charge is 0.271 e. The summed E-state index contributed by atoms with van der Waals surface area (Å²) in [6, 6.07) is 0.898. The van der Waals surface area contributed by atoms with E-state index in [9.17, 15) is 9.18 Å². The van der Waals surface area contributed by atoms with E-state index in [1.165, 1.54) is 0 Å². The lowest BCUT2D eigenvalue weighted by atomic mass is 9.92. The number of hydrogen-bond acceptors (Lipinski definition) is 4. The highest BCUT2D eigenvalue weighted by atomic mass is 35.5. The molecular formula is C13H23Cl2FN4O.